The van der Waals surface area contributed by atoms with Gasteiger partial charge in [0.15, 0.2) is 0 Å². The summed E-state index contributed by atoms with van der Waals surface area (Å²) in [4.78, 5) is 14.1. The van der Waals surface area contributed by atoms with E-state index < -0.39 is 16.0 Å². The highest BCUT2D eigenvalue weighted by Gasteiger charge is 2.13. The first-order valence-corrected chi connectivity index (χ1v) is 7.22. The largest absolute Gasteiger partial charge is 0.481 e. The molecule has 0 heterocycles. The van der Waals surface area contributed by atoms with Gasteiger partial charge in [0.05, 0.1) is 10.6 Å². The van der Waals surface area contributed by atoms with E-state index in [-0.39, 0.29) is 17.9 Å². The monoisotopic (exact) mass is 284 g/mol. The highest BCUT2D eigenvalue weighted by molar-refractivity contribution is 7.89. The maximum atomic E-state index is 11.9. The summed E-state index contributed by atoms with van der Waals surface area (Å²) < 4.78 is 26.2. The Hall–Kier alpha value is -1.73. The van der Waals surface area contributed by atoms with Crippen molar-refractivity contribution in [3.8, 4) is 0 Å². The van der Waals surface area contributed by atoms with Crippen molar-refractivity contribution >= 4 is 28.4 Å². The van der Waals surface area contributed by atoms with Crippen molar-refractivity contribution in [2.24, 2.45) is 4.99 Å². The van der Waals surface area contributed by atoms with Crippen molar-refractivity contribution in [3.63, 3.8) is 0 Å². The van der Waals surface area contributed by atoms with Crippen LogP contribution >= 0.6 is 0 Å². The molecule has 0 aromatic heterocycles. The van der Waals surface area contributed by atoms with E-state index in [0.717, 1.165) is 0 Å². The normalized spacial score (nSPS) is 11.2. The molecule has 0 radical (unpaired) electrons. The molecule has 0 aliphatic carbocycles. The van der Waals surface area contributed by atoms with E-state index in [9.17, 15) is 13.2 Å². The van der Waals surface area contributed by atoms with E-state index in [0.29, 0.717) is 18.5 Å². The molecular weight excluding hydrogens is 268 g/mol. The molecule has 1 aromatic rings. The van der Waals surface area contributed by atoms with Crippen molar-refractivity contribution in [1.82, 2.24) is 4.72 Å². The third kappa shape index (κ3) is 5.19. The lowest BCUT2D eigenvalue weighted by Gasteiger charge is -2.06. The minimum Gasteiger partial charge on any atom is -0.481 e. The maximum Gasteiger partial charge on any atom is 0.303 e. The number of carboxylic acids is 1. The van der Waals surface area contributed by atoms with Crippen molar-refractivity contribution in [1.29, 1.82) is 0 Å². The second-order valence-electron chi connectivity index (χ2n) is 3.90. The minimum atomic E-state index is -3.58. The number of carboxylic acid groups (broad SMARTS) is 1. The number of hydrogen-bond donors (Lipinski definition) is 2. The van der Waals surface area contributed by atoms with E-state index in [2.05, 4.69) is 16.4 Å². The van der Waals surface area contributed by atoms with Gasteiger partial charge < -0.3 is 5.11 Å². The Morgan fingerprint density at radius 1 is 1.37 bits per heavy atom. The van der Waals surface area contributed by atoms with Gasteiger partial charge in [0.25, 0.3) is 0 Å². The van der Waals surface area contributed by atoms with Crippen molar-refractivity contribution in [3.05, 3.63) is 24.3 Å². The fraction of sp³-hybridized carbons (Fsp3) is 0.333. The summed E-state index contributed by atoms with van der Waals surface area (Å²) in [6.07, 6.45) is 0.953. The highest BCUT2D eigenvalue weighted by Crippen LogP contribution is 2.17. The van der Waals surface area contributed by atoms with Crippen LogP contribution in [0.25, 0.3) is 0 Å². The lowest BCUT2D eigenvalue weighted by atomic mass is 10.2. The molecule has 0 amide bonds. The van der Waals surface area contributed by atoms with Crippen LogP contribution in [0.1, 0.15) is 19.3 Å². The van der Waals surface area contributed by atoms with Crippen LogP contribution in [0.4, 0.5) is 5.69 Å². The van der Waals surface area contributed by atoms with Gasteiger partial charge in [-0.1, -0.05) is 6.07 Å². The molecule has 104 valence electrons. The van der Waals surface area contributed by atoms with E-state index in [1.807, 2.05) is 0 Å². The summed E-state index contributed by atoms with van der Waals surface area (Å²) >= 11 is 0. The van der Waals surface area contributed by atoms with Gasteiger partial charge >= 0.3 is 5.97 Å². The summed E-state index contributed by atoms with van der Waals surface area (Å²) in [6.45, 7) is 3.55. The third-order valence-electron chi connectivity index (χ3n) is 2.42. The lowest BCUT2D eigenvalue weighted by molar-refractivity contribution is -0.137. The number of aliphatic carboxylic acids is 1. The molecule has 0 unspecified atom stereocenters. The standard InChI is InChI=1S/C12H16N2O4S/c1-13-10-5-4-6-11(9-10)19(17,18)14-8-3-2-7-12(15)16/h4-6,9,14H,1-3,7-8H2,(H,15,16). The summed E-state index contributed by atoms with van der Waals surface area (Å²) in [5, 5.41) is 8.45. The molecule has 19 heavy (non-hydrogen) atoms. The fourth-order valence-corrected chi connectivity index (χ4v) is 2.55. The van der Waals surface area contributed by atoms with Crippen LogP contribution in [-0.2, 0) is 14.8 Å². The first-order valence-electron chi connectivity index (χ1n) is 5.74. The van der Waals surface area contributed by atoms with Crippen LogP contribution in [0.5, 0.6) is 0 Å². The minimum absolute atomic E-state index is 0.0393. The van der Waals surface area contributed by atoms with Gasteiger partial charge in [-0.25, -0.2) is 13.1 Å². The van der Waals surface area contributed by atoms with Gasteiger partial charge in [0, 0.05) is 13.0 Å². The third-order valence-corrected chi connectivity index (χ3v) is 3.88. The van der Waals surface area contributed by atoms with Crippen molar-refractivity contribution in [2.45, 2.75) is 24.2 Å². The Labute approximate surface area is 112 Å². The molecular formula is C12H16N2O4S. The van der Waals surface area contributed by atoms with Gasteiger partial charge in [0.1, 0.15) is 0 Å². The second-order valence-corrected chi connectivity index (χ2v) is 5.67. The van der Waals surface area contributed by atoms with Crippen LogP contribution in [0, 0.1) is 0 Å². The summed E-state index contributed by atoms with van der Waals surface area (Å²) in [7, 11) is -3.58. The number of hydrogen-bond acceptors (Lipinski definition) is 4. The predicted octanol–water partition coefficient (Wildman–Crippen LogP) is 1.55. The molecule has 0 aliphatic rings. The van der Waals surface area contributed by atoms with Crippen LogP contribution in [0.2, 0.25) is 0 Å². The van der Waals surface area contributed by atoms with Crippen LogP contribution in [-0.4, -0.2) is 32.8 Å². The van der Waals surface area contributed by atoms with E-state index in [1.165, 1.54) is 12.1 Å². The van der Waals surface area contributed by atoms with E-state index in [4.69, 9.17) is 5.11 Å². The zero-order valence-electron chi connectivity index (χ0n) is 10.4. The Morgan fingerprint density at radius 2 is 2.11 bits per heavy atom. The fourth-order valence-electron chi connectivity index (χ4n) is 1.44. The number of unbranched alkanes of at least 4 members (excludes halogenated alkanes) is 1. The van der Waals surface area contributed by atoms with Crippen LogP contribution in [0.15, 0.2) is 34.2 Å². The summed E-state index contributed by atoms with van der Waals surface area (Å²) in [5.74, 6) is -0.882. The van der Waals surface area contributed by atoms with Gasteiger partial charge in [-0.2, -0.15) is 0 Å². The number of sulfonamides is 1. The van der Waals surface area contributed by atoms with Crippen LogP contribution < -0.4 is 4.72 Å². The molecule has 0 aliphatic heterocycles. The molecule has 0 spiro atoms. The molecule has 0 saturated heterocycles. The van der Waals surface area contributed by atoms with Gasteiger partial charge in [-0.15, -0.1) is 0 Å². The Kier molecular flexibility index (Phi) is 5.65. The molecule has 0 bridgehead atoms. The number of benzene rings is 1. The number of rotatable bonds is 8. The van der Waals surface area contributed by atoms with Gasteiger partial charge in [0.2, 0.25) is 10.0 Å². The van der Waals surface area contributed by atoms with Crippen LogP contribution in [0.3, 0.4) is 0 Å². The van der Waals surface area contributed by atoms with E-state index in [1.54, 1.807) is 12.1 Å². The summed E-state index contributed by atoms with van der Waals surface area (Å²) in [6, 6.07) is 6.13. The highest BCUT2D eigenvalue weighted by atomic mass is 32.2. The molecule has 1 aromatic carbocycles. The van der Waals surface area contributed by atoms with Crippen molar-refractivity contribution < 1.29 is 18.3 Å². The molecule has 0 fully saturated rings. The average Bonchev–Trinajstić information content (AvgIpc) is 2.38. The lowest BCUT2D eigenvalue weighted by Crippen LogP contribution is -2.24. The molecule has 6 nitrogen and oxygen atoms in total. The van der Waals surface area contributed by atoms with Gasteiger partial charge in [-0.3, -0.25) is 9.79 Å². The molecule has 7 heteroatoms. The van der Waals surface area contributed by atoms with Gasteiger partial charge in [-0.05, 0) is 37.8 Å². The average molecular weight is 284 g/mol. The second kappa shape index (κ2) is 7.01. The summed E-state index contributed by atoms with van der Waals surface area (Å²) in [5.41, 5.74) is 0.480. The zero-order valence-corrected chi connectivity index (χ0v) is 11.2. The predicted molar refractivity (Wildman–Crippen MR) is 72.3 cm³/mol. The Balaban J connectivity index is 2.55. The molecule has 1 rings (SSSR count). The van der Waals surface area contributed by atoms with Crippen molar-refractivity contribution in [2.75, 3.05) is 6.54 Å². The smallest absolute Gasteiger partial charge is 0.303 e. The number of aliphatic imine (C=N–C) groups is 1. The Morgan fingerprint density at radius 3 is 2.74 bits per heavy atom. The maximum absolute atomic E-state index is 11.9. The number of nitrogens with zero attached hydrogens (tertiary/aromatic N) is 1. The first-order chi connectivity index (χ1) is 8.95. The number of carbonyl (C=O) groups is 1. The molecule has 0 atom stereocenters. The molecule has 2 N–H and O–H groups in total. The first kappa shape index (κ1) is 15.3. The topological polar surface area (TPSA) is 95.8 Å². The quantitative estimate of drug-likeness (QED) is 0.559. The Bertz CT molecular complexity index is 555. The SMILES string of the molecule is C=Nc1cccc(S(=O)(=O)NCCCCC(=O)O)c1. The number of nitrogens with one attached hydrogen (secondary N) is 1. The zero-order chi connectivity index (χ0) is 14.3. The van der Waals surface area contributed by atoms with E-state index >= 15 is 0 Å². The molecule has 0 saturated carbocycles.